The van der Waals surface area contributed by atoms with Gasteiger partial charge in [-0.05, 0) is 49.4 Å². The van der Waals surface area contributed by atoms with Gasteiger partial charge < -0.3 is 14.5 Å². The van der Waals surface area contributed by atoms with Gasteiger partial charge in [-0.1, -0.05) is 11.6 Å². The molecule has 12 heteroatoms. The number of ether oxygens (including phenoxy) is 1. The fourth-order valence-corrected chi connectivity index (χ4v) is 4.81. The zero-order chi connectivity index (χ0) is 25.0. The predicted octanol–water partition coefficient (Wildman–Crippen LogP) is 3.43. The summed E-state index contributed by atoms with van der Waals surface area (Å²) >= 11 is 5.77. The Bertz CT molecular complexity index is 1290. The van der Waals surface area contributed by atoms with Crippen LogP contribution in [-0.2, 0) is 14.8 Å². The summed E-state index contributed by atoms with van der Waals surface area (Å²) in [7, 11) is -3.78. The Kier molecular flexibility index (Phi) is 7.37. The van der Waals surface area contributed by atoms with Crippen molar-refractivity contribution >= 4 is 39.0 Å². The van der Waals surface area contributed by atoms with Crippen LogP contribution in [-0.4, -0.2) is 61.5 Å². The Hall–Kier alpha value is -3.44. The molecule has 186 valence electrons. The van der Waals surface area contributed by atoms with E-state index in [-0.39, 0.29) is 23.1 Å². The van der Waals surface area contributed by atoms with E-state index in [2.05, 4.69) is 19.6 Å². The number of anilines is 2. The van der Waals surface area contributed by atoms with Gasteiger partial charge in [0.25, 0.3) is 15.9 Å². The smallest absolute Gasteiger partial charge is 0.263 e. The first-order valence-electron chi connectivity index (χ1n) is 10.8. The largest absolute Gasteiger partial charge is 0.481 e. The van der Waals surface area contributed by atoms with Crippen LogP contribution in [0.5, 0.6) is 5.75 Å². The molecule has 1 unspecified atom stereocenters. The van der Waals surface area contributed by atoms with Crippen molar-refractivity contribution in [1.82, 2.24) is 14.9 Å². The van der Waals surface area contributed by atoms with Crippen molar-refractivity contribution < 1.29 is 23.8 Å². The van der Waals surface area contributed by atoms with Crippen molar-refractivity contribution in [2.75, 3.05) is 35.8 Å². The molecule has 1 aromatic heterocycles. The lowest BCUT2D eigenvalue weighted by Gasteiger charge is -2.37. The van der Waals surface area contributed by atoms with Crippen molar-refractivity contribution in [2.45, 2.75) is 17.9 Å². The van der Waals surface area contributed by atoms with Gasteiger partial charge in [0.1, 0.15) is 23.7 Å². The SMILES string of the molecule is CC(Oc1ccc(F)c(Cl)c1)C(=O)N1CCN(c2ccc(S(=O)(=O)Nc3ccncn3)cc2)CC1.[HH]. The van der Waals surface area contributed by atoms with Crippen LogP contribution in [0, 0.1) is 5.82 Å². The molecule has 1 saturated heterocycles. The van der Waals surface area contributed by atoms with E-state index in [9.17, 15) is 17.6 Å². The highest BCUT2D eigenvalue weighted by Gasteiger charge is 2.26. The average molecular weight is 522 g/mol. The van der Waals surface area contributed by atoms with Gasteiger partial charge in [-0.25, -0.2) is 22.8 Å². The number of sulfonamides is 1. The van der Waals surface area contributed by atoms with Gasteiger partial charge in [0.2, 0.25) is 0 Å². The monoisotopic (exact) mass is 521 g/mol. The first kappa shape index (κ1) is 24.7. The number of benzene rings is 2. The molecule has 0 spiro atoms. The first-order chi connectivity index (χ1) is 16.7. The number of amides is 1. The Morgan fingerprint density at radius 3 is 2.49 bits per heavy atom. The van der Waals surface area contributed by atoms with E-state index < -0.39 is 21.9 Å². The van der Waals surface area contributed by atoms with Crippen LogP contribution in [0.1, 0.15) is 8.35 Å². The molecule has 0 saturated carbocycles. The molecule has 2 aromatic carbocycles. The Balaban J connectivity index is 0.00000361. The van der Waals surface area contributed by atoms with Gasteiger partial charge in [0, 0.05) is 45.6 Å². The van der Waals surface area contributed by atoms with E-state index in [4.69, 9.17) is 16.3 Å². The molecule has 0 aliphatic carbocycles. The Labute approximate surface area is 209 Å². The summed E-state index contributed by atoms with van der Waals surface area (Å²) in [5.41, 5.74) is 0.850. The number of hydrogen-bond donors (Lipinski definition) is 1. The topological polar surface area (TPSA) is 105 Å². The summed E-state index contributed by atoms with van der Waals surface area (Å²) in [5.74, 6) is -0.227. The summed E-state index contributed by atoms with van der Waals surface area (Å²) in [6.07, 6.45) is 1.95. The summed E-state index contributed by atoms with van der Waals surface area (Å²) in [6, 6.07) is 11.9. The lowest BCUT2D eigenvalue weighted by Crippen LogP contribution is -2.52. The second-order valence-electron chi connectivity index (χ2n) is 7.84. The van der Waals surface area contributed by atoms with Crippen LogP contribution in [0.25, 0.3) is 0 Å². The standard InChI is InChI=1S/C23H23ClFN5O4S.H2/c1-16(34-18-4-7-21(25)20(24)14-18)23(31)30-12-10-29(11-13-30)17-2-5-19(6-3-17)35(32,33)28-22-8-9-26-15-27-22;/h2-9,14-16H,10-13H2,1H3,(H,26,27,28);1H. The minimum atomic E-state index is -3.78. The maximum absolute atomic E-state index is 13.3. The van der Waals surface area contributed by atoms with E-state index in [0.29, 0.717) is 31.9 Å². The van der Waals surface area contributed by atoms with Crippen molar-refractivity contribution in [3.8, 4) is 5.75 Å². The maximum atomic E-state index is 13.3. The highest BCUT2D eigenvalue weighted by Crippen LogP contribution is 2.24. The van der Waals surface area contributed by atoms with E-state index in [1.54, 1.807) is 24.0 Å². The van der Waals surface area contributed by atoms with Crippen LogP contribution < -0.4 is 14.4 Å². The molecular weight excluding hydrogens is 497 g/mol. The molecule has 35 heavy (non-hydrogen) atoms. The zero-order valence-electron chi connectivity index (χ0n) is 18.8. The number of piperazine rings is 1. The van der Waals surface area contributed by atoms with Gasteiger partial charge in [-0.15, -0.1) is 0 Å². The van der Waals surface area contributed by atoms with E-state index >= 15 is 0 Å². The molecule has 1 fully saturated rings. The predicted molar refractivity (Wildman–Crippen MR) is 132 cm³/mol. The van der Waals surface area contributed by atoms with E-state index in [1.165, 1.54) is 48.9 Å². The normalized spacial score (nSPS) is 14.9. The molecule has 3 aromatic rings. The van der Waals surface area contributed by atoms with Crippen molar-refractivity contribution in [1.29, 1.82) is 0 Å². The van der Waals surface area contributed by atoms with Gasteiger partial charge >= 0.3 is 0 Å². The fraction of sp³-hybridized carbons (Fsp3) is 0.261. The van der Waals surface area contributed by atoms with Crippen LogP contribution in [0.3, 0.4) is 0 Å². The molecule has 2 heterocycles. The van der Waals surface area contributed by atoms with Gasteiger partial charge in [-0.2, -0.15) is 0 Å². The molecular formula is C23H25ClFN5O4S. The number of aromatic nitrogens is 2. The molecule has 1 aliphatic heterocycles. The molecule has 1 N–H and O–H groups in total. The second kappa shape index (κ2) is 10.4. The van der Waals surface area contributed by atoms with Crippen LogP contribution in [0.15, 0.2) is 66.0 Å². The number of carbonyl (C=O) groups is 1. The fourth-order valence-electron chi connectivity index (χ4n) is 3.63. The van der Waals surface area contributed by atoms with Crippen LogP contribution in [0.2, 0.25) is 5.02 Å². The average Bonchev–Trinajstić information content (AvgIpc) is 2.86. The highest BCUT2D eigenvalue weighted by molar-refractivity contribution is 7.92. The maximum Gasteiger partial charge on any atom is 0.263 e. The summed E-state index contributed by atoms with van der Waals surface area (Å²) < 4.78 is 46.5. The summed E-state index contributed by atoms with van der Waals surface area (Å²) in [6.45, 7) is 3.75. The number of nitrogens with one attached hydrogen (secondary N) is 1. The minimum absolute atomic E-state index is 0. The number of carbonyl (C=O) groups excluding carboxylic acids is 1. The summed E-state index contributed by atoms with van der Waals surface area (Å²) in [5, 5.41) is -0.0700. The molecule has 0 radical (unpaired) electrons. The van der Waals surface area contributed by atoms with Crippen molar-refractivity contribution in [2.24, 2.45) is 0 Å². The van der Waals surface area contributed by atoms with E-state index in [1.807, 2.05) is 0 Å². The number of hydrogen-bond acceptors (Lipinski definition) is 7. The second-order valence-corrected chi connectivity index (χ2v) is 9.93. The van der Waals surface area contributed by atoms with Gasteiger partial charge in [-0.3, -0.25) is 9.52 Å². The molecule has 0 bridgehead atoms. The quantitative estimate of drug-likeness (QED) is 0.508. The Morgan fingerprint density at radius 2 is 1.86 bits per heavy atom. The molecule has 1 aliphatic rings. The Morgan fingerprint density at radius 1 is 1.14 bits per heavy atom. The lowest BCUT2D eigenvalue weighted by molar-refractivity contribution is -0.138. The van der Waals surface area contributed by atoms with Crippen LogP contribution in [0.4, 0.5) is 15.9 Å². The van der Waals surface area contributed by atoms with Crippen molar-refractivity contribution in [3.63, 3.8) is 0 Å². The van der Waals surface area contributed by atoms with E-state index in [0.717, 1.165) is 5.69 Å². The van der Waals surface area contributed by atoms with Crippen molar-refractivity contribution in [3.05, 3.63) is 71.9 Å². The third kappa shape index (κ3) is 5.98. The number of halogens is 2. The molecule has 9 nitrogen and oxygen atoms in total. The first-order valence-corrected chi connectivity index (χ1v) is 12.6. The zero-order valence-corrected chi connectivity index (χ0v) is 20.3. The molecule has 1 amide bonds. The lowest BCUT2D eigenvalue weighted by atomic mass is 10.2. The molecule has 4 rings (SSSR count). The summed E-state index contributed by atoms with van der Waals surface area (Å²) in [4.78, 5) is 24.3. The number of rotatable bonds is 7. The van der Waals surface area contributed by atoms with Gasteiger partial charge in [0.05, 0.1) is 9.92 Å². The number of nitrogens with zero attached hydrogens (tertiary/aromatic N) is 4. The molecule has 1 atom stereocenters. The van der Waals surface area contributed by atoms with Crippen LogP contribution >= 0.6 is 11.6 Å². The highest BCUT2D eigenvalue weighted by atomic mass is 35.5. The minimum Gasteiger partial charge on any atom is -0.481 e. The third-order valence-corrected chi connectivity index (χ3v) is 7.14. The third-order valence-electron chi connectivity index (χ3n) is 5.48. The van der Waals surface area contributed by atoms with Gasteiger partial charge in [0.15, 0.2) is 6.10 Å².